The number of nitrogens with zero attached hydrogens (tertiary/aromatic N) is 2. The monoisotopic (exact) mass is 578 g/mol. The lowest BCUT2D eigenvalue weighted by atomic mass is 9.83. The van der Waals surface area contributed by atoms with E-state index in [4.69, 9.17) is 21.5 Å². The van der Waals surface area contributed by atoms with Crippen molar-refractivity contribution in [2.24, 2.45) is 11.1 Å². The van der Waals surface area contributed by atoms with Crippen molar-refractivity contribution in [1.82, 2.24) is 9.97 Å². The highest BCUT2D eigenvalue weighted by Gasteiger charge is 2.37. The van der Waals surface area contributed by atoms with Crippen LogP contribution in [-0.4, -0.2) is 54.6 Å². The molecule has 10 nitrogen and oxygen atoms in total. The molecular weight excluding hydrogens is 552 g/mol. The number of hydrogen-bond acceptors (Lipinski definition) is 10. The number of thiophene rings is 1. The van der Waals surface area contributed by atoms with Crippen LogP contribution in [-0.2, 0) is 31.2 Å². The first-order valence-corrected chi connectivity index (χ1v) is 14.7. The molecule has 38 heavy (non-hydrogen) atoms. The molecule has 0 unspecified atom stereocenters. The Hall–Kier alpha value is -2.45. The molecule has 0 saturated heterocycles. The van der Waals surface area contributed by atoms with E-state index < -0.39 is 27.9 Å². The zero-order chi connectivity index (χ0) is 27.1. The highest BCUT2D eigenvalue weighted by Crippen LogP contribution is 2.42. The second-order valence-corrected chi connectivity index (χ2v) is 12.2. The van der Waals surface area contributed by atoms with Gasteiger partial charge in [-0.2, -0.15) is 8.42 Å². The lowest BCUT2D eigenvalue weighted by Crippen LogP contribution is -2.33. The van der Waals surface area contributed by atoms with Crippen molar-refractivity contribution in [2.45, 2.75) is 43.9 Å². The van der Waals surface area contributed by atoms with E-state index in [1.54, 1.807) is 0 Å². The molecule has 2 aromatic heterocycles. The molecule has 0 spiro atoms. The van der Waals surface area contributed by atoms with E-state index in [-0.39, 0.29) is 24.0 Å². The van der Waals surface area contributed by atoms with E-state index in [2.05, 4.69) is 19.5 Å². The Morgan fingerprint density at radius 3 is 2.97 bits per heavy atom. The maximum atomic E-state index is 13.6. The van der Waals surface area contributed by atoms with E-state index in [1.807, 2.05) is 36.6 Å². The minimum absolute atomic E-state index is 0.221. The molecule has 0 radical (unpaired) electrons. The number of aromatic nitrogens is 2. The number of halogens is 1. The summed E-state index contributed by atoms with van der Waals surface area (Å²) in [5.74, 6) is -0.343. The van der Waals surface area contributed by atoms with Crippen LogP contribution in [0, 0.1) is 5.92 Å². The zero-order valence-electron chi connectivity index (χ0n) is 20.5. The number of aliphatic hydroxyl groups excluding tert-OH is 1. The van der Waals surface area contributed by atoms with Crippen molar-refractivity contribution < 1.29 is 27.2 Å². The van der Waals surface area contributed by atoms with Gasteiger partial charge in [0.05, 0.1) is 29.8 Å². The SMILES string of the molecule is C[C@@]1(c2csc(C(=O)c3cncnc3N[C@@H]3C[C@H](COS(N)(=O)=O)[C@@H](O)C3)c2)OCCc2ccc(Cl)cc21. The predicted octanol–water partition coefficient (Wildman–Crippen LogP) is 3.03. The Kier molecular flexibility index (Phi) is 7.57. The Bertz CT molecular complexity index is 1470. The number of aliphatic hydroxyl groups is 1. The maximum Gasteiger partial charge on any atom is 0.333 e. The second kappa shape index (κ2) is 10.6. The van der Waals surface area contributed by atoms with Crippen molar-refractivity contribution in [1.29, 1.82) is 0 Å². The van der Waals surface area contributed by atoms with Crippen molar-refractivity contribution in [3.8, 4) is 0 Å². The van der Waals surface area contributed by atoms with Gasteiger partial charge in [0.25, 0.3) is 0 Å². The second-order valence-electron chi connectivity index (χ2n) is 9.66. The van der Waals surface area contributed by atoms with E-state index in [0.29, 0.717) is 35.2 Å². The Morgan fingerprint density at radius 2 is 2.18 bits per heavy atom. The van der Waals surface area contributed by atoms with Gasteiger partial charge in [-0.25, -0.2) is 15.1 Å². The van der Waals surface area contributed by atoms with E-state index in [9.17, 15) is 18.3 Å². The number of ketones is 1. The smallest absolute Gasteiger partial charge is 0.333 e. The van der Waals surface area contributed by atoms with Gasteiger partial charge in [0.1, 0.15) is 17.7 Å². The number of rotatable bonds is 8. The summed E-state index contributed by atoms with van der Waals surface area (Å²) in [7, 11) is -4.10. The third-order valence-corrected chi connectivity index (χ3v) is 8.75. The summed E-state index contributed by atoms with van der Waals surface area (Å²) < 4.78 is 33.1. The van der Waals surface area contributed by atoms with Crippen molar-refractivity contribution in [3.63, 3.8) is 0 Å². The highest BCUT2D eigenvalue weighted by molar-refractivity contribution is 7.84. The number of carbonyl (C=O) groups is 1. The van der Waals surface area contributed by atoms with Crippen molar-refractivity contribution in [3.05, 3.63) is 74.3 Å². The van der Waals surface area contributed by atoms with Gasteiger partial charge < -0.3 is 15.2 Å². The molecule has 3 aromatic rings. The average molecular weight is 579 g/mol. The molecule has 13 heteroatoms. The van der Waals surface area contributed by atoms with Gasteiger partial charge in [-0.3, -0.25) is 8.98 Å². The number of fused-ring (bicyclic) bond motifs is 1. The summed E-state index contributed by atoms with van der Waals surface area (Å²) in [6.45, 7) is 2.32. The van der Waals surface area contributed by atoms with Gasteiger partial charge in [0, 0.05) is 23.2 Å². The van der Waals surface area contributed by atoms with E-state index in [1.165, 1.54) is 23.9 Å². The first kappa shape index (κ1) is 27.1. The molecule has 0 bridgehead atoms. The fourth-order valence-electron chi connectivity index (χ4n) is 5.12. The van der Waals surface area contributed by atoms with Crippen LogP contribution in [0.25, 0.3) is 0 Å². The quantitative estimate of drug-likeness (QED) is 0.342. The van der Waals surface area contributed by atoms with Gasteiger partial charge >= 0.3 is 10.3 Å². The molecule has 1 saturated carbocycles. The number of anilines is 1. The molecule has 5 rings (SSSR count). The summed E-state index contributed by atoms with van der Waals surface area (Å²) >= 11 is 7.60. The third-order valence-electron chi connectivity index (χ3n) is 7.12. The van der Waals surface area contributed by atoms with Gasteiger partial charge in [-0.15, -0.1) is 11.3 Å². The number of carbonyl (C=O) groups excluding carboxylic acids is 1. The Morgan fingerprint density at radius 1 is 1.37 bits per heavy atom. The Labute approximate surface area is 229 Å². The average Bonchev–Trinajstić information content (AvgIpc) is 3.50. The molecule has 202 valence electrons. The standard InChI is InChI=1S/C25H27ClN4O6S2/c1-25(20-8-17(26)3-2-14(20)4-5-35-25)16-7-22(37-12-16)23(32)19-10-28-13-29-24(19)30-18-6-15(21(31)9-18)11-36-38(27,33)34/h2-3,7-8,10,12-13,15,18,21,31H,4-6,9,11H2,1H3,(H2,27,33,34)(H,28,29,30)/t15-,18-,21+,25+/m1/s1. The normalized spacial score (nSPS) is 25.2. The van der Waals surface area contributed by atoms with Gasteiger partial charge in [0.2, 0.25) is 5.78 Å². The van der Waals surface area contributed by atoms with Crippen molar-refractivity contribution in [2.75, 3.05) is 18.5 Å². The summed E-state index contributed by atoms with van der Waals surface area (Å²) in [5.41, 5.74) is 2.56. The largest absolute Gasteiger partial charge is 0.393 e. The molecular formula is C25H27ClN4O6S2. The van der Waals surface area contributed by atoms with Gasteiger partial charge in [-0.1, -0.05) is 17.7 Å². The van der Waals surface area contributed by atoms with Crippen LogP contribution in [0.2, 0.25) is 5.02 Å². The maximum absolute atomic E-state index is 13.6. The summed E-state index contributed by atoms with van der Waals surface area (Å²) in [4.78, 5) is 22.4. The zero-order valence-corrected chi connectivity index (χ0v) is 22.9. The number of nitrogens with one attached hydrogen (secondary N) is 1. The Balaban J connectivity index is 1.35. The summed E-state index contributed by atoms with van der Waals surface area (Å²) in [5, 5.41) is 21.0. The molecule has 1 aliphatic heterocycles. The predicted molar refractivity (Wildman–Crippen MR) is 143 cm³/mol. The fourth-order valence-corrected chi connectivity index (χ4v) is 6.61. The summed E-state index contributed by atoms with van der Waals surface area (Å²) in [6, 6.07) is 7.38. The molecule has 4 atom stereocenters. The summed E-state index contributed by atoms with van der Waals surface area (Å²) in [6.07, 6.45) is 3.54. The molecule has 1 aliphatic carbocycles. The van der Waals surface area contributed by atoms with Gasteiger partial charge in [0.15, 0.2) is 0 Å². The first-order chi connectivity index (χ1) is 18.0. The number of nitrogens with two attached hydrogens (primary N) is 1. The minimum Gasteiger partial charge on any atom is -0.393 e. The molecule has 4 N–H and O–H groups in total. The lowest BCUT2D eigenvalue weighted by Gasteiger charge is -2.36. The first-order valence-electron chi connectivity index (χ1n) is 12.0. The van der Waals surface area contributed by atoms with Crippen LogP contribution in [0.3, 0.4) is 0 Å². The van der Waals surface area contributed by atoms with Crippen LogP contribution in [0.1, 0.15) is 51.7 Å². The third kappa shape index (κ3) is 5.62. The molecule has 0 amide bonds. The highest BCUT2D eigenvalue weighted by atomic mass is 35.5. The molecule has 1 fully saturated rings. The number of hydrogen-bond donors (Lipinski definition) is 3. The minimum atomic E-state index is -4.10. The van der Waals surface area contributed by atoms with Crippen LogP contribution < -0.4 is 10.5 Å². The van der Waals surface area contributed by atoms with E-state index >= 15 is 0 Å². The molecule has 3 heterocycles. The van der Waals surface area contributed by atoms with Crippen molar-refractivity contribution >= 4 is 44.8 Å². The molecule has 2 aliphatic rings. The number of benzene rings is 1. The fraction of sp³-hybridized carbons (Fsp3) is 0.400. The topological polar surface area (TPSA) is 154 Å². The van der Waals surface area contributed by atoms with E-state index in [0.717, 1.165) is 23.1 Å². The van der Waals surface area contributed by atoms with Crippen LogP contribution in [0.4, 0.5) is 5.82 Å². The molecule has 1 aromatic carbocycles. The van der Waals surface area contributed by atoms with Crippen LogP contribution in [0.15, 0.2) is 42.2 Å². The lowest BCUT2D eigenvalue weighted by molar-refractivity contribution is -0.0138. The van der Waals surface area contributed by atoms with Crippen LogP contribution >= 0.6 is 22.9 Å². The van der Waals surface area contributed by atoms with Crippen LogP contribution in [0.5, 0.6) is 0 Å². The van der Waals surface area contributed by atoms with Gasteiger partial charge in [-0.05, 0) is 66.5 Å². The number of ether oxygens (including phenoxy) is 1.